The van der Waals surface area contributed by atoms with Gasteiger partial charge in [-0.1, -0.05) is 38.1 Å². The lowest BCUT2D eigenvalue weighted by atomic mass is 9.90. The zero-order valence-electron chi connectivity index (χ0n) is 12.4. The average Bonchev–Trinajstić information content (AvgIpc) is 2.39. The minimum Gasteiger partial charge on any atom is -0.377 e. The van der Waals surface area contributed by atoms with Crippen molar-refractivity contribution in [2.45, 2.75) is 52.2 Å². The largest absolute Gasteiger partial charge is 0.377 e. The van der Waals surface area contributed by atoms with Crippen molar-refractivity contribution in [2.75, 3.05) is 13.7 Å². The van der Waals surface area contributed by atoms with Gasteiger partial charge in [0.05, 0.1) is 11.6 Å². The van der Waals surface area contributed by atoms with Crippen LogP contribution in [-0.2, 0) is 11.2 Å². The third-order valence-electron chi connectivity index (χ3n) is 3.54. The second kappa shape index (κ2) is 6.91. The molecule has 0 aliphatic carbocycles. The molecular formula is C16H27NO. The molecule has 0 saturated carbocycles. The van der Waals surface area contributed by atoms with Crippen molar-refractivity contribution in [3.63, 3.8) is 0 Å². The number of hydrogen-bond donors (Lipinski definition) is 1. The molecule has 0 saturated heterocycles. The highest BCUT2D eigenvalue weighted by Crippen LogP contribution is 2.28. The van der Waals surface area contributed by atoms with Gasteiger partial charge < -0.3 is 10.1 Å². The molecule has 0 aromatic heterocycles. The summed E-state index contributed by atoms with van der Waals surface area (Å²) in [6, 6.07) is 9.08. The lowest BCUT2D eigenvalue weighted by Crippen LogP contribution is -2.41. The van der Waals surface area contributed by atoms with Gasteiger partial charge in [-0.3, -0.25) is 0 Å². The van der Waals surface area contributed by atoms with Gasteiger partial charge >= 0.3 is 0 Å². The van der Waals surface area contributed by atoms with Crippen LogP contribution >= 0.6 is 0 Å². The fraction of sp³-hybridized carbons (Fsp3) is 0.625. The molecule has 1 rings (SSSR count). The number of aryl methyl sites for hydroxylation is 1. The summed E-state index contributed by atoms with van der Waals surface area (Å²) in [7, 11) is 1.78. The minimum absolute atomic E-state index is 0.205. The van der Waals surface area contributed by atoms with E-state index in [9.17, 15) is 0 Å². The van der Waals surface area contributed by atoms with Crippen LogP contribution in [0.15, 0.2) is 24.3 Å². The van der Waals surface area contributed by atoms with E-state index >= 15 is 0 Å². The molecule has 0 spiro atoms. The van der Waals surface area contributed by atoms with Crippen LogP contribution in [-0.4, -0.2) is 19.3 Å². The van der Waals surface area contributed by atoms with Crippen molar-refractivity contribution in [2.24, 2.45) is 0 Å². The van der Waals surface area contributed by atoms with Crippen LogP contribution in [0, 0.1) is 0 Å². The third kappa shape index (κ3) is 3.82. The van der Waals surface area contributed by atoms with Crippen molar-refractivity contribution in [1.29, 1.82) is 0 Å². The number of methoxy groups -OCH3 is 1. The van der Waals surface area contributed by atoms with E-state index in [4.69, 9.17) is 4.74 Å². The van der Waals surface area contributed by atoms with Crippen molar-refractivity contribution in [3.05, 3.63) is 35.4 Å². The number of hydrogen-bond acceptors (Lipinski definition) is 2. The summed E-state index contributed by atoms with van der Waals surface area (Å²) >= 11 is 0. The second-order valence-electron chi connectivity index (χ2n) is 5.29. The molecule has 1 aromatic rings. The number of nitrogens with one attached hydrogen (secondary N) is 1. The lowest BCUT2D eigenvalue weighted by molar-refractivity contribution is -0.0110. The first-order valence-electron chi connectivity index (χ1n) is 6.92. The summed E-state index contributed by atoms with van der Waals surface area (Å²) < 4.78 is 5.65. The molecule has 2 nitrogen and oxygen atoms in total. The van der Waals surface area contributed by atoms with Crippen LogP contribution in [0.4, 0.5) is 0 Å². The standard InChI is InChI=1S/C16H27NO/c1-6-12-17-15(16(3,4)18-5)14-10-8-13(7-2)9-11-14/h8-11,15,17H,6-7,12H2,1-5H3. The van der Waals surface area contributed by atoms with Gasteiger partial charge in [0.25, 0.3) is 0 Å². The van der Waals surface area contributed by atoms with Crippen molar-refractivity contribution in [1.82, 2.24) is 5.32 Å². The van der Waals surface area contributed by atoms with Gasteiger partial charge in [-0.2, -0.15) is 0 Å². The normalized spacial score (nSPS) is 13.6. The maximum absolute atomic E-state index is 5.65. The smallest absolute Gasteiger partial charge is 0.0816 e. The predicted octanol–water partition coefficient (Wildman–Crippen LogP) is 3.71. The molecule has 0 fully saturated rings. The van der Waals surface area contributed by atoms with E-state index in [1.807, 2.05) is 0 Å². The molecule has 1 atom stereocenters. The molecular weight excluding hydrogens is 222 g/mol. The van der Waals surface area contributed by atoms with Gasteiger partial charge in [-0.15, -0.1) is 0 Å². The highest BCUT2D eigenvalue weighted by atomic mass is 16.5. The second-order valence-corrected chi connectivity index (χ2v) is 5.29. The monoisotopic (exact) mass is 249 g/mol. The first kappa shape index (κ1) is 15.2. The van der Waals surface area contributed by atoms with Crippen molar-refractivity contribution < 1.29 is 4.74 Å². The summed E-state index contributed by atoms with van der Waals surface area (Å²) in [5, 5.41) is 3.59. The van der Waals surface area contributed by atoms with Gasteiger partial charge in [0.2, 0.25) is 0 Å². The molecule has 0 amide bonds. The topological polar surface area (TPSA) is 21.3 Å². The van der Waals surface area contributed by atoms with Crippen LogP contribution < -0.4 is 5.32 Å². The van der Waals surface area contributed by atoms with E-state index in [0.717, 1.165) is 19.4 Å². The van der Waals surface area contributed by atoms with Gasteiger partial charge in [0, 0.05) is 7.11 Å². The molecule has 0 radical (unpaired) electrons. The quantitative estimate of drug-likeness (QED) is 0.795. The highest BCUT2D eigenvalue weighted by molar-refractivity contribution is 5.26. The minimum atomic E-state index is -0.205. The SMILES string of the molecule is CCCNC(c1ccc(CC)cc1)C(C)(C)OC. The van der Waals surface area contributed by atoms with E-state index < -0.39 is 0 Å². The molecule has 1 aromatic carbocycles. The zero-order valence-corrected chi connectivity index (χ0v) is 12.4. The molecule has 0 aliphatic heterocycles. The maximum Gasteiger partial charge on any atom is 0.0816 e. The summed E-state index contributed by atoms with van der Waals surface area (Å²) in [5.74, 6) is 0. The molecule has 0 heterocycles. The number of ether oxygens (including phenoxy) is 1. The van der Waals surface area contributed by atoms with E-state index in [-0.39, 0.29) is 11.6 Å². The molecule has 0 bridgehead atoms. The fourth-order valence-electron chi connectivity index (χ4n) is 2.12. The van der Waals surface area contributed by atoms with Crippen LogP contribution in [0.3, 0.4) is 0 Å². The first-order valence-corrected chi connectivity index (χ1v) is 6.92. The van der Waals surface area contributed by atoms with Crippen LogP contribution in [0.2, 0.25) is 0 Å². The Morgan fingerprint density at radius 2 is 1.78 bits per heavy atom. The van der Waals surface area contributed by atoms with Gasteiger partial charge in [0.15, 0.2) is 0 Å². The van der Waals surface area contributed by atoms with Gasteiger partial charge in [-0.25, -0.2) is 0 Å². The Morgan fingerprint density at radius 1 is 1.17 bits per heavy atom. The maximum atomic E-state index is 5.65. The van der Waals surface area contributed by atoms with Crippen molar-refractivity contribution >= 4 is 0 Å². The Hall–Kier alpha value is -0.860. The molecule has 1 N–H and O–H groups in total. The summed E-state index contributed by atoms with van der Waals surface area (Å²) in [6.07, 6.45) is 2.21. The Bertz CT molecular complexity index is 343. The molecule has 0 aliphatic rings. The Labute approximate surface area is 112 Å². The molecule has 1 unspecified atom stereocenters. The summed E-state index contributed by atoms with van der Waals surface area (Å²) in [4.78, 5) is 0. The Balaban J connectivity index is 2.93. The predicted molar refractivity (Wildman–Crippen MR) is 77.9 cm³/mol. The molecule has 2 heteroatoms. The lowest BCUT2D eigenvalue weighted by Gasteiger charge is -2.34. The fourth-order valence-corrected chi connectivity index (χ4v) is 2.12. The average molecular weight is 249 g/mol. The zero-order chi connectivity index (χ0) is 13.6. The summed E-state index contributed by atoms with van der Waals surface area (Å²) in [6.45, 7) is 9.64. The van der Waals surface area contributed by atoms with Crippen LogP contribution in [0.1, 0.15) is 51.3 Å². The number of benzene rings is 1. The first-order chi connectivity index (χ1) is 8.55. The van der Waals surface area contributed by atoms with Crippen molar-refractivity contribution in [3.8, 4) is 0 Å². The van der Waals surface area contributed by atoms with Gasteiger partial charge in [-0.05, 0) is 44.4 Å². The number of rotatable bonds is 7. The van der Waals surface area contributed by atoms with Crippen LogP contribution in [0.25, 0.3) is 0 Å². The third-order valence-corrected chi connectivity index (χ3v) is 3.54. The van der Waals surface area contributed by atoms with E-state index in [1.165, 1.54) is 11.1 Å². The molecule has 102 valence electrons. The summed E-state index contributed by atoms with van der Waals surface area (Å²) in [5.41, 5.74) is 2.47. The Morgan fingerprint density at radius 3 is 2.22 bits per heavy atom. The Kier molecular flexibility index (Phi) is 5.83. The highest BCUT2D eigenvalue weighted by Gasteiger charge is 2.29. The van der Waals surface area contributed by atoms with E-state index in [0.29, 0.717) is 0 Å². The van der Waals surface area contributed by atoms with Gasteiger partial charge in [0.1, 0.15) is 0 Å². The molecule has 18 heavy (non-hydrogen) atoms. The van der Waals surface area contributed by atoms with Crippen LogP contribution in [0.5, 0.6) is 0 Å². The van der Waals surface area contributed by atoms with E-state index in [1.54, 1.807) is 7.11 Å². The van der Waals surface area contributed by atoms with E-state index in [2.05, 4.69) is 57.3 Å².